The number of hydrogen-bond donors (Lipinski definition) is 5. The molecule has 0 aromatic heterocycles. The van der Waals surface area contributed by atoms with E-state index in [2.05, 4.69) is 4.52 Å². The Balaban J connectivity index is 0.000000621. The van der Waals surface area contributed by atoms with Crippen LogP contribution in [0.4, 0.5) is 0 Å². The zero-order chi connectivity index (χ0) is 16.3. The fraction of sp³-hybridized carbons (Fsp3) is 0.400. The first-order valence-corrected chi connectivity index (χ1v) is 8.42. The van der Waals surface area contributed by atoms with Crippen LogP contribution in [0.3, 0.4) is 0 Å². The average Bonchev–Trinajstić information content (AvgIpc) is 2.18. The molecule has 5 N–H and O–H groups in total. The summed E-state index contributed by atoms with van der Waals surface area (Å²) in [5.74, 6) is 0.254. The van der Waals surface area contributed by atoms with Crippen molar-refractivity contribution in [2.45, 2.75) is 27.7 Å². The van der Waals surface area contributed by atoms with E-state index in [9.17, 15) is 4.57 Å². The molecule has 0 saturated heterocycles. The van der Waals surface area contributed by atoms with Gasteiger partial charge in [-0.3, -0.25) is 9.79 Å². The molecular formula is C10H18O8P2. The van der Waals surface area contributed by atoms with Gasteiger partial charge in [0.2, 0.25) is 0 Å². The third-order valence-corrected chi connectivity index (χ3v) is 3.09. The molecule has 20 heavy (non-hydrogen) atoms. The highest BCUT2D eigenvalue weighted by Crippen LogP contribution is 2.40. The molecule has 0 radical (unpaired) electrons. The Kier molecular flexibility index (Phi) is 6.58. The van der Waals surface area contributed by atoms with Crippen LogP contribution in [0.5, 0.6) is 5.75 Å². The summed E-state index contributed by atoms with van der Waals surface area (Å²) in [6, 6.07) is 1.65. The Morgan fingerprint density at radius 2 is 1.25 bits per heavy atom. The van der Waals surface area contributed by atoms with Crippen molar-refractivity contribution in [1.29, 1.82) is 0 Å². The van der Waals surface area contributed by atoms with Crippen LogP contribution in [-0.4, -0.2) is 24.5 Å². The van der Waals surface area contributed by atoms with Crippen LogP contribution < -0.4 is 4.52 Å². The summed E-state index contributed by atoms with van der Waals surface area (Å²) in [6.45, 7) is 7.55. The van der Waals surface area contributed by atoms with Crippen molar-refractivity contribution in [3.8, 4) is 5.75 Å². The smallest absolute Gasteiger partial charge is 0.404 e. The summed E-state index contributed by atoms with van der Waals surface area (Å²) in [5, 5.41) is 0. The van der Waals surface area contributed by atoms with E-state index in [1.54, 1.807) is 13.0 Å². The van der Waals surface area contributed by atoms with Crippen LogP contribution in [-0.2, 0) is 9.13 Å². The molecule has 0 heterocycles. The van der Waals surface area contributed by atoms with Gasteiger partial charge < -0.3 is 19.2 Å². The van der Waals surface area contributed by atoms with Crippen LogP contribution >= 0.6 is 15.6 Å². The fourth-order valence-corrected chi connectivity index (χ4v) is 1.84. The van der Waals surface area contributed by atoms with Gasteiger partial charge in [0, 0.05) is 0 Å². The summed E-state index contributed by atoms with van der Waals surface area (Å²) < 4.78 is 24.2. The van der Waals surface area contributed by atoms with Crippen molar-refractivity contribution in [3.05, 3.63) is 28.3 Å². The van der Waals surface area contributed by atoms with Gasteiger partial charge in [-0.25, -0.2) is 9.13 Å². The second kappa shape index (κ2) is 6.83. The third-order valence-electron chi connectivity index (χ3n) is 2.65. The van der Waals surface area contributed by atoms with Crippen LogP contribution in [0.2, 0.25) is 0 Å². The Morgan fingerprint density at radius 3 is 1.60 bits per heavy atom. The first-order valence-electron chi connectivity index (χ1n) is 5.33. The molecule has 1 rings (SSSR count). The van der Waals surface area contributed by atoms with E-state index < -0.39 is 15.6 Å². The van der Waals surface area contributed by atoms with Gasteiger partial charge in [0.05, 0.1) is 0 Å². The van der Waals surface area contributed by atoms with E-state index >= 15 is 0 Å². The zero-order valence-corrected chi connectivity index (χ0v) is 13.2. The third kappa shape index (κ3) is 7.77. The van der Waals surface area contributed by atoms with Gasteiger partial charge in [0.1, 0.15) is 5.75 Å². The van der Waals surface area contributed by atoms with Gasteiger partial charge in [-0.05, 0) is 56.0 Å². The maximum absolute atomic E-state index is 10.7. The predicted octanol–water partition coefficient (Wildman–Crippen LogP) is 1.46. The van der Waals surface area contributed by atoms with Crippen molar-refractivity contribution >= 4 is 15.6 Å². The molecule has 0 aliphatic heterocycles. The van der Waals surface area contributed by atoms with Crippen molar-refractivity contribution in [2.75, 3.05) is 0 Å². The Morgan fingerprint density at radius 1 is 0.850 bits per heavy atom. The molecule has 0 aliphatic rings. The lowest BCUT2D eigenvalue weighted by Crippen LogP contribution is -1.97. The van der Waals surface area contributed by atoms with E-state index in [0.29, 0.717) is 0 Å². The molecule has 10 heteroatoms. The van der Waals surface area contributed by atoms with Crippen LogP contribution in [0.1, 0.15) is 22.3 Å². The number of benzene rings is 1. The predicted molar refractivity (Wildman–Crippen MR) is 72.3 cm³/mol. The lowest BCUT2D eigenvalue weighted by molar-refractivity contribution is 0.274. The highest BCUT2D eigenvalue weighted by molar-refractivity contribution is 7.46. The Labute approximate surface area is 116 Å². The molecule has 8 nitrogen and oxygen atoms in total. The summed E-state index contributed by atoms with van der Waals surface area (Å²) in [6.07, 6.45) is 0. The molecule has 1 aromatic rings. The Bertz CT molecular complexity index is 563. The maximum Gasteiger partial charge on any atom is 0.524 e. The van der Waals surface area contributed by atoms with E-state index in [1.165, 1.54) is 0 Å². The van der Waals surface area contributed by atoms with E-state index in [0.717, 1.165) is 22.3 Å². The standard InChI is InChI=1S/C10H15O4P.H3O4P/c1-6-5-10(14-15(11,12)13)9(4)8(3)7(6)2;1-5(2,3)4/h5H,1-4H3,(H2,11,12,13);(H3,1,2,3,4). The lowest BCUT2D eigenvalue weighted by atomic mass is 9.99. The van der Waals surface area contributed by atoms with Crippen LogP contribution in [0.15, 0.2) is 6.07 Å². The van der Waals surface area contributed by atoms with Gasteiger partial charge in [-0.2, -0.15) is 0 Å². The van der Waals surface area contributed by atoms with Crippen LogP contribution in [0, 0.1) is 27.7 Å². The van der Waals surface area contributed by atoms with Gasteiger partial charge in [-0.15, -0.1) is 0 Å². The van der Waals surface area contributed by atoms with Crippen molar-refractivity contribution < 1.29 is 38.1 Å². The molecule has 1 aromatic carbocycles. The summed E-state index contributed by atoms with van der Waals surface area (Å²) >= 11 is 0. The van der Waals surface area contributed by atoms with Crippen molar-refractivity contribution in [3.63, 3.8) is 0 Å². The summed E-state index contributed by atoms with van der Waals surface area (Å²) in [5.41, 5.74) is 3.84. The van der Waals surface area contributed by atoms with Gasteiger partial charge in [0.25, 0.3) is 0 Å². The maximum atomic E-state index is 10.7. The average molecular weight is 328 g/mol. The van der Waals surface area contributed by atoms with E-state index in [-0.39, 0.29) is 5.75 Å². The second-order valence-corrected chi connectivity index (χ2v) is 6.35. The first-order chi connectivity index (χ1) is 8.72. The first kappa shape index (κ1) is 19.3. The molecule has 0 amide bonds. The van der Waals surface area contributed by atoms with Gasteiger partial charge in [-0.1, -0.05) is 0 Å². The number of phosphoric ester groups is 1. The lowest BCUT2D eigenvalue weighted by Gasteiger charge is -2.15. The monoisotopic (exact) mass is 328 g/mol. The largest absolute Gasteiger partial charge is 0.524 e. The molecule has 0 aliphatic carbocycles. The number of rotatable bonds is 2. The normalized spacial score (nSPS) is 11.7. The SMILES string of the molecule is Cc1cc(OP(=O)(O)O)c(C)c(C)c1C.O=P(O)(O)O. The molecule has 116 valence electrons. The topological polar surface area (TPSA) is 145 Å². The molecular weight excluding hydrogens is 310 g/mol. The number of aryl methyl sites for hydroxylation is 1. The molecule has 0 bridgehead atoms. The minimum Gasteiger partial charge on any atom is -0.404 e. The molecule has 0 atom stereocenters. The van der Waals surface area contributed by atoms with Crippen molar-refractivity contribution in [1.82, 2.24) is 0 Å². The molecule has 0 unspecified atom stereocenters. The fourth-order valence-electron chi connectivity index (χ4n) is 1.40. The molecule has 0 fully saturated rings. The summed E-state index contributed by atoms with van der Waals surface area (Å²) in [4.78, 5) is 39.0. The molecule has 0 spiro atoms. The second-order valence-electron chi connectivity index (χ2n) is 4.16. The van der Waals surface area contributed by atoms with Crippen molar-refractivity contribution in [2.24, 2.45) is 0 Å². The highest BCUT2D eigenvalue weighted by atomic mass is 31.2. The highest BCUT2D eigenvalue weighted by Gasteiger charge is 2.19. The minimum absolute atomic E-state index is 0.254. The quantitative estimate of drug-likeness (QED) is 0.513. The zero-order valence-electron chi connectivity index (χ0n) is 11.4. The number of phosphoric acid groups is 2. The summed E-state index contributed by atoms with van der Waals surface area (Å²) in [7, 11) is -9.11. The Hall–Kier alpha value is -0.720. The van der Waals surface area contributed by atoms with E-state index in [4.69, 9.17) is 29.0 Å². The number of hydrogen-bond acceptors (Lipinski definition) is 3. The van der Waals surface area contributed by atoms with E-state index in [1.807, 2.05) is 20.8 Å². The van der Waals surface area contributed by atoms with Gasteiger partial charge >= 0.3 is 15.6 Å². The molecule has 0 saturated carbocycles. The van der Waals surface area contributed by atoms with Gasteiger partial charge in [0.15, 0.2) is 0 Å². The minimum atomic E-state index is -4.64. The van der Waals surface area contributed by atoms with Crippen LogP contribution in [0.25, 0.3) is 0 Å².